The van der Waals surface area contributed by atoms with Crippen molar-refractivity contribution in [3.8, 4) is 11.5 Å². The molecular weight excluding hydrogens is 324 g/mol. The van der Waals surface area contributed by atoms with Crippen LogP contribution in [0.15, 0.2) is 18.2 Å². The van der Waals surface area contributed by atoms with Gasteiger partial charge in [-0.1, -0.05) is 66.2 Å². The molecule has 1 aromatic carbocycles. The first-order valence-electron chi connectivity index (χ1n) is 10.5. The molecule has 0 aliphatic heterocycles. The number of rotatable bonds is 15. The van der Waals surface area contributed by atoms with Crippen LogP contribution in [0.2, 0.25) is 0 Å². The third kappa shape index (κ3) is 8.25. The van der Waals surface area contributed by atoms with E-state index in [-0.39, 0.29) is 0 Å². The lowest BCUT2D eigenvalue weighted by Crippen LogP contribution is -2.13. The van der Waals surface area contributed by atoms with Crippen molar-refractivity contribution in [1.29, 1.82) is 0 Å². The molecule has 0 aromatic heterocycles. The number of carbonyl (C=O) groups is 1. The topological polar surface area (TPSA) is 35.5 Å². The van der Waals surface area contributed by atoms with Gasteiger partial charge in [0.15, 0.2) is 6.29 Å². The van der Waals surface area contributed by atoms with Gasteiger partial charge < -0.3 is 9.47 Å². The minimum atomic E-state index is 0.539. The van der Waals surface area contributed by atoms with Gasteiger partial charge >= 0.3 is 0 Å². The monoisotopic (exact) mass is 362 g/mol. The molecule has 1 aromatic rings. The molecule has 0 fully saturated rings. The summed E-state index contributed by atoms with van der Waals surface area (Å²) < 4.78 is 12.0. The first kappa shape index (κ1) is 22.5. The summed E-state index contributed by atoms with van der Waals surface area (Å²) in [6.07, 6.45) is 10.4. The Morgan fingerprint density at radius 2 is 1.46 bits per heavy atom. The van der Waals surface area contributed by atoms with E-state index >= 15 is 0 Å². The largest absolute Gasteiger partial charge is 0.493 e. The van der Waals surface area contributed by atoms with Crippen molar-refractivity contribution in [3.05, 3.63) is 23.8 Å². The first-order chi connectivity index (χ1) is 12.7. The highest BCUT2D eigenvalue weighted by atomic mass is 16.5. The molecule has 2 atom stereocenters. The molecular formula is C23H38O3. The molecule has 3 nitrogen and oxygen atoms in total. The van der Waals surface area contributed by atoms with Crippen LogP contribution in [-0.2, 0) is 0 Å². The highest BCUT2D eigenvalue weighted by molar-refractivity contribution is 5.79. The Morgan fingerprint density at radius 3 is 1.96 bits per heavy atom. The Kier molecular flexibility index (Phi) is 11.8. The Labute approximate surface area is 160 Å². The van der Waals surface area contributed by atoms with Crippen LogP contribution >= 0.6 is 0 Å². The number of unbranched alkanes of at least 4 members (excludes halogenated alkanes) is 2. The van der Waals surface area contributed by atoms with E-state index in [0.717, 1.165) is 31.5 Å². The highest BCUT2D eigenvalue weighted by Gasteiger charge is 2.12. The van der Waals surface area contributed by atoms with E-state index in [2.05, 4.69) is 27.7 Å². The average Bonchev–Trinajstić information content (AvgIpc) is 2.68. The molecule has 1 rings (SSSR count). The Hall–Kier alpha value is -1.51. The summed E-state index contributed by atoms with van der Waals surface area (Å²) in [4.78, 5) is 11.3. The Bertz CT molecular complexity index is 498. The number of ether oxygens (including phenoxy) is 2. The standard InChI is InChI=1S/C23H38O3/c1-5-9-11-19(7-3)17-25-22-14-13-21(16-24)23(15-22)26-18-20(8-4)12-10-6-2/h13-16,19-20H,5-12,17-18H2,1-4H3. The maximum atomic E-state index is 11.3. The van der Waals surface area contributed by atoms with Crippen molar-refractivity contribution >= 4 is 6.29 Å². The highest BCUT2D eigenvalue weighted by Crippen LogP contribution is 2.26. The predicted molar refractivity (Wildman–Crippen MR) is 109 cm³/mol. The molecule has 0 aliphatic rings. The Balaban J connectivity index is 2.67. The fourth-order valence-electron chi connectivity index (χ4n) is 3.04. The van der Waals surface area contributed by atoms with Gasteiger partial charge in [0.1, 0.15) is 11.5 Å². The fraction of sp³-hybridized carbons (Fsp3) is 0.696. The van der Waals surface area contributed by atoms with E-state index in [1.807, 2.05) is 12.1 Å². The van der Waals surface area contributed by atoms with Crippen LogP contribution in [0.4, 0.5) is 0 Å². The summed E-state index contributed by atoms with van der Waals surface area (Å²) in [7, 11) is 0. The number of hydrogen-bond acceptors (Lipinski definition) is 3. The predicted octanol–water partition coefficient (Wildman–Crippen LogP) is 6.69. The lowest BCUT2D eigenvalue weighted by Gasteiger charge is -2.18. The molecule has 0 spiro atoms. The van der Waals surface area contributed by atoms with Gasteiger partial charge in [0.2, 0.25) is 0 Å². The zero-order chi connectivity index (χ0) is 19.2. The summed E-state index contributed by atoms with van der Waals surface area (Å²) in [5.41, 5.74) is 0.598. The van der Waals surface area contributed by atoms with Crippen LogP contribution in [0.3, 0.4) is 0 Å². The average molecular weight is 363 g/mol. The van der Waals surface area contributed by atoms with E-state index in [9.17, 15) is 4.79 Å². The minimum absolute atomic E-state index is 0.539. The maximum absolute atomic E-state index is 11.3. The zero-order valence-electron chi connectivity index (χ0n) is 17.3. The quantitative estimate of drug-likeness (QED) is 0.326. The lowest BCUT2D eigenvalue weighted by atomic mass is 10.0. The van der Waals surface area contributed by atoms with Gasteiger partial charge in [0.25, 0.3) is 0 Å². The lowest BCUT2D eigenvalue weighted by molar-refractivity contribution is 0.111. The number of benzene rings is 1. The summed E-state index contributed by atoms with van der Waals surface area (Å²) in [6.45, 7) is 10.2. The van der Waals surface area contributed by atoms with Crippen molar-refractivity contribution in [1.82, 2.24) is 0 Å². The molecule has 3 heteroatoms. The second-order valence-electron chi connectivity index (χ2n) is 7.27. The number of hydrogen-bond donors (Lipinski definition) is 0. The van der Waals surface area contributed by atoms with Gasteiger partial charge in [-0.2, -0.15) is 0 Å². The fourth-order valence-corrected chi connectivity index (χ4v) is 3.04. The van der Waals surface area contributed by atoms with Crippen molar-refractivity contribution in [2.75, 3.05) is 13.2 Å². The zero-order valence-corrected chi connectivity index (χ0v) is 17.3. The van der Waals surface area contributed by atoms with Crippen molar-refractivity contribution in [3.63, 3.8) is 0 Å². The van der Waals surface area contributed by atoms with E-state index in [1.54, 1.807) is 6.07 Å². The molecule has 0 heterocycles. The summed E-state index contributed by atoms with van der Waals surface area (Å²) in [6, 6.07) is 5.55. The van der Waals surface area contributed by atoms with E-state index < -0.39 is 0 Å². The van der Waals surface area contributed by atoms with E-state index in [0.29, 0.717) is 29.8 Å². The third-order valence-electron chi connectivity index (χ3n) is 5.16. The minimum Gasteiger partial charge on any atom is -0.493 e. The number of carbonyl (C=O) groups excluding carboxylic acids is 1. The van der Waals surface area contributed by atoms with Crippen LogP contribution < -0.4 is 9.47 Å². The molecule has 0 aliphatic carbocycles. The van der Waals surface area contributed by atoms with Gasteiger partial charge in [0, 0.05) is 6.07 Å². The van der Waals surface area contributed by atoms with Gasteiger partial charge in [-0.05, 0) is 36.8 Å². The maximum Gasteiger partial charge on any atom is 0.153 e. The summed E-state index contributed by atoms with van der Waals surface area (Å²) in [5, 5.41) is 0. The van der Waals surface area contributed by atoms with Crippen LogP contribution in [-0.4, -0.2) is 19.5 Å². The second-order valence-corrected chi connectivity index (χ2v) is 7.27. The summed E-state index contributed by atoms with van der Waals surface area (Å²) in [5.74, 6) is 2.57. The smallest absolute Gasteiger partial charge is 0.153 e. The van der Waals surface area contributed by atoms with E-state index in [4.69, 9.17) is 9.47 Å². The molecule has 0 saturated heterocycles. The van der Waals surface area contributed by atoms with Crippen molar-refractivity contribution in [2.45, 2.75) is 79.1 Å². The molecule has 26 heavy (non-hydrogen) atoms. The second kappa shape index (κ2) is 13.7. The third-order valence-corrected chi connectivity index (χ3v) is 5.16. The van der Waals surface area contributed by atoms with E-state index in [1.165, 1.54) is 38.5 Å². The van der Waals surface area contributed by atoms with Crippen molar-refractivity contribution < 1.29 is 14.3 Å². The van der Waals surface area contributed by atoms with Crippen LogP contribution in [0.1, 0.15) is 89.4 Å². The molecule has 0 amide bonds. The Morgan fingerprint density at radius 1 is 0.885 bits per heavy atom. The van der Waals surface area contributed by atoms with Crippen LogP contribution in [0, 0.1) is 11.8 Å². The SMILES string of the molecule is CCCCC(CC)COc1ccc(C=O)c(OCC(CC)CCCC)c1. The van der Waals surface area contributed by atoms with Crippen LogP contribution in [0.25, 0.3) is 0 Å². The molecule has 0 saturated carbocycles. The van der Waals surface area contributed by atoms with Crippen molar-refractivity contribution in [2.24, 2.45) is 11.8 Å². The molecule has 0 bridgehead atoms. The molecule has 0 radical (unpaired) electrons. The van der Waals surface area contributed by atoms with Gasteiger partial charge in [-0.25, -0.2) is 0 Å². The normalized spacial score (nSPS) is 13.2. The van der Waals surface area contributed by atoms with Gasteiger partial charge in [-0.3, -0.25) is 4.79 Å². The first-order valence-corrected chi connectivity index (χ1v) is 10.5. The van der Waals surface area contributed by atoms with Gasteiger partial charge in [-0.15, -0.1) is 0 Å². The van der Waals surface area contributed by atoms with Crippen LogP contribution in [0.5, 0.6) is 11.5 Å². The van der Waals surface area contributed by atoms with Gasteiger partial charge in [0.05, 0.1) is 18.8 Å². The molecule has 148 valence electrons. The number of aldehydes is 1. The molecule has 0 N–H and O–H groups in total. The summed E-state index contributed by atoms with van der Waals surface area (Å²) >= 11 is 0. The molecule has 2 unspecified atom stereocenters.